The van der Waals surface area contributed by atoms with Crippen LogP contribution in [0.3, 0.4) is 0 Å². The average Bonchev–Trinajstić information content (AvgIpc) is 2.15. The lowest BCUT2D eigenvalue weighted by atomic mass is 10.3. The molecule has 0 aromatic carbocycles. The molecule has 1 rings (SSSR count). The number of aliphatic hydroxyl groups excluding tert-OH is 1. The van der Waals surface area contributed by atoms with Crippen molar-refractivity contribution in [3.8, 4) is 0 Å². The molecular formula is C9H16N4O. The monoisotopic (exact) mass is 196 g/mol. The predicted molar refractivity (Wildman–Crippen MR) is 56.0 cm³/mol. The molecule has 0 atom stereocenters. The van der Waals surface area contributed by atoms with Crippen molar-refractivity contribution in [2.75, 3.05) is 23.8 Å². The van der Waals surface area contributed by atoms with E-state index >= 15 is 0 Å². The molecule has 78 valence electrons. The van der Waals surface area contributed by atoms with Crippen LogP contribution >= 0.6 is 0 Å². The van der Waals surface area contributed by atoms with Crippen LogP contribution in [0.15, 0.2) is 12.4 Å². The van der Waals surface area contributed by atoms with E-state index in [0.29, 0.717) is 18.2 Å². The SMILES string of the molecule is CC(C)N(CCO)c1nccnc1N. The lowest BCUT2D eigenvalue weighted by molar-refractivity contribution is 0.298. The summed E-state index contributed by atoms with van der Waals surface area (Å²) in [6.07, 6.45) is 3.15. The molecule has 0 amide bonds. The molecule has 1 heterocycles. The number of hydrogen-bond donors (Lipinski definition) is 2. The highest BCUT2D eigenvalue weighted by molar-refractivity contribution is 5.57. The Hall–Kier alpha value is -1.36. The predicted octanol–water partition coefficient (Wildman–Crippen LogP) is 0.266. The minimum absolute atomic E-state index is 0.0776. The van der Waals surface area contributed by atoms with Crippen LogP contribution in [0.5, 0.6) is 0 Å². The summed E-state index contributed by atoms with van der Waals surface area (Å²) in [5.74, 6) is 1.03. The summed E-state index contributed by atoms with van der Waals surface area (Å²) in [5.41, 5.74) is 5.69. The maximum absolute atomic E-state index is 8.91. The maximum atomic E-state index is 8.91. The van der Waals surface area contributed by atoms with Gasteiger partial charge in [0.1, 0.15) is 0 Å². The van der Waals surface area contributed by atoms with Crippen LogP contribution in [0.25, 0.3) is 0 Å². The minimum Gasteiger partial charge on any atom is -0.395 e. The van der Waals surface area contributed by atoms with E-state index in [0.717, 1.165) is 0 Å². The number of aromatic nitrogens is 2. The molecule has 5 nitrogen and oxygen atoms in total. The molecule has 0 aliphatic carbocycles. The van der Waals surface area contributed by atoms with E-state index in [-0.39, 0.29) is 12.6 Å². The Kier molecular flexibility index (Phi) is 3.64. The normalized spacial score (nSPS) is 10.6. The molecule has 0 spiro atoms. The molecule has 1 aromatic rings. The molecular weight excluding hydrogens is 180 g/mol. The van der Waals surface area contributed by atoms with E-state index in [2.05, 4.69) is 9.97 Å². The lowest BCUT2D eigenvalue weighted by Crippen LogP contribution is -2.34. The Balaban J connectivity index is 2.93. The van der Waals surface area contributed by atoms with Gasteiger partial charge in [0.05, 0.1) is 6.61 Å². The topological polar surface area (TPSA) is 75.3 Å². The van der Waals surface area contributed by atoms with E-state index < -0.39 is 0 Å². The van der Waals surface area contributed by atoms with Crippen molar-refractivity contribution >= 4 is 11.6 Å². The average molecular weight is 196 g/mol. The summed E-state index contributed by atoms with van der Waals surface area (Å²) in [6, 6.07) is 0.237. The number of rotatable bonds is 4. The van der Waals surface area contributed by atoms with Crippen molar-refractivity contribution in [3.63, 3.8) is 0 Å². The third-order valence-corrected chi connectivity index (χ3v) is 1.94. The van der Waals surface area contributed by atoms with E-state index in [1.807, 2.05) is 18.7 Å². The molecule has 0 radical (unpaired) electrons. The molecule has 1 aromatic heterocycles. The van der Waals surface area contributed by atoms with Gasteiger partial charge in [-0.3, -0.25) is 0 Å². The van der Waals surface area contributed by atoms with Gasteiger partial charge in [0.25, 0.3) is 0 Å². The van der Waals surface area contributed by atoms with Crippen molar-refractivity contribution in [2.45, 2.75) is 19.9 Å². The van der Waals surface area contributed by atoms with Gasteiger partial charge in [0.15, 0.2) is 11.6 Å². The van der Waals surface area contributed by atoms with Crippen molar-refractivity contribution in [1.29, 1.82) is 0 Å². The van der Waals surface area contributed by atoms with Gasteiger partial charge >= 0.3 is 0 Å². The van der Waals surface area contributed by atoms with E-state index in [1.54, 1.807) is 12.4 Å². The van der Waals surface area contributed by atoms with Crippen LogP contribution in [0.4, 0.5) is 11.6 Å². The second-order valence-corrected chi connectivity index (χ2v) is 3.28. The van der Waals surface area contributed by atoms with Crippen LogP contribution in [-0.4, -0.2) is 34.3 Å². The summed E-state index contributed by atoms with van der Waals surface area (Å²) in [5, 5.41) is 8.91. The second kappa shape index (κ2) is 4.76. The molecule has 0 saturated heterocycles. The number of nitrogen functional groups attached to an aromatic ring is 1. The van der Waals surface area contributed by atoms with Crippen molar-refractivity contribution in [3.05, 3.63) is 12.4 Å². The van der Waals surface area contributed by atoms with Crippen LogP contribution in [0.1, 0.15) is 13.8 Å². The van der Waals surface area contributed by atoms with E-state index in [9.17, 15) is 0 Å². The number of anilines is 2. The Morgan fingerprint density at radius 1 is 1.43 bits per heavy atom. The third-order valence-electron chi connectivity index (χ3n) is 1.94. The van der Waals surface area contributed by atoms with Crippen LogP contribution in [0, 0.1) is 0 Å². The summed E-state index contributed by atoms with van der Waals surface area (Å²) >= 11 is 0. The molecule has 0 saturated carbocycles. The molecule has 0 unspecified atom stereocenters. The fourth-order valence-corrected chi connectivity index (χ4v) is 1.28. The zero-order valence-electron chi connectivity index (χ0n) is 8.51. The van der Waals surface area contributed by atoms with Gasteiger partial charge in [-0.05, 0) is 13.8 Å². The second-order valence-electron chi connectivity index (χ2n) is 3.28. The first-order valence-corrected chi connectivity index (χ1v) is 4.60. The van der Waals surface area contributed by atoms with Crippen LogP contribution in [0.2, 0.25) is 0 Å². The van der Waals surface area contributed by atoms with Crippen molar-refractivity contribution < 1.29 is 5.11 Å². The van der Waals surface area contributed by atoms with Crippen molar-refractivity contribution in [1.82, 2.24) is 9.97 Å². The van der Waals surface area contributed by atoms with Gasteiger partial charge in [0.2, 0.25) is 0 Å². The highest BCUT2D eigenvalue weighted by Gasteiger charge is 2.14. The molecule has 0 aliphatic rings. The Morgan fingerprint density at radius 2 is 2.07 bits per heavy atom. The largest absolute Gasteiger partial charge is 0.395 e. The fraction of sp³-hybridized carbons (Fsp3) is 0.556. The van der Waals surface area contributed by atoms with Crippen LogP contribution in [-0.2, 0) is 0 Å². The summed E-state index contributed by atoms with van der Waals surface area (Å²) in [6.45, 7) is 4.63. The summed E-state index contributed by atoms with van der Waals surface area (Å²) < 4.78 is 0. The van der Waals surface area contributed by atoms with E-state index in [1.165, 1.54) is 0 Å². The van der Waals surface area contributed by atoms with Crippen LogP contribution < -0.4 is 10.6 Å². The highest BCUT2D eigenvalue weighted by atomic mass is 16.3. The third kappa shape index (κ3) is 2.32. The Labute approximate surface area is 83.6 Å². The molecule has 0 bridgehead atoms. The number of nitrogens with zero attached hydrogens (tertiary/aromatic N) is 3. The van der Waals surface area contributed by atoms with E-state index in [4.69, 9.17) is 10.8 Å². The van der Waals surface area contributed by atoms with Gasteiger partial charge in [0, 0.05) is 25.0 Å². The van der Waals surface area contributed by atoms with Gasteiger partial charge in [-0.25, -0.2) is 9.97 Å². The fourth-order valence-electron chi connectivity index (χ4n) is 1.28. The number of aliphatic hydroxyl groups is 1. The van der Waals surface area contributed by atoms with Gasteiger partial charge in [-0.1, -0.05) is 0 Å². The van der Waals surface area contributed by atoms with Gasteiger partial charge < -0.3 is 15.7 Å². The molecule has 0 fully saturated rings. The summed E-state index contributed by atoms with van der Waals surface area (Å²) in [7, 11) is 0. The lowest BCUT2D eigenvalue weighted by Gasteiger charge is -2.27. The summed E-state index contributed by atoms with van der Waals surface area (Å²) in [4.78, 5) is 10.0. The van der Waals surface area contributed by atoms with Crippen molar-refractivity contribution in [2.24, 2.45) is 0 Å². The number of hydrogen-bond acceptors (Lipinski definition) is 5. The zero-order chi connectivity index (χ0) is 10.6. The van der Waals surface area contributed by atoms with Gasteiger partial charge in [-0.15, -0.1) is 0 Å². The highest BCUT2D eigenvalue weighted by Crippen LogP contribution is 2.18. The molecule has 5 heteroatoms. The first-order chi connectivity index (χ1) is 6.66. The molecule has 14 heavy (non-hydrogen) atoms. The zero-order valence-corrected chi connectivity index (χ0v) is 8.51. The smallest absolute Gasteiger partial charge is 0.171 e. The molecule has 0 aliphatic heterocycles. The first-order valence-electron chi connectivity index (χ1n) is 4.60. The Morgan fingerprint density at radius 3 is 2.57 bits per heavy atom. The standard InChI is InChI=1S/C9H16N4O/c1-7(2)13(5-6-14)9-8(10)11-3-4-12-9/h3-4,7,14H,5-6H2,1-2H3,(H2,10,11). The molecule has 3 N–H and O–H groups in total. The quantitative estimate of drug-likeness (QED) is 0.722. The van der Waals surface area contributed by atoms with Gasteiger partial charge in [-0.2, -0.15) is 0 Å². The number of nitrogens with two attached hydrogens (primary N) is 1. The maximum Gasteiger partial charge on any atom is 0.171 e. The first kappa shape index (κ1) is 10.7. The minimum atomic E-state index is 0.0776. The Bertz CT molecular complexity index is 290.